The Morgan fingerprint density at radius 2 is 1.70 bits per heavy atom. The molecule has 1 aromatic carbocycles. The molecule has 250 valence electrons. The summed E-state index contributed by atoms with van der Waals surface area (Å²) in [6.45, 7) is 12.3. The molecule has 11 nitrogen and oxygen atoms in total. The molecule has 3 aliphatic heterocycles. The number of unbranched alkanes of at least 4 members (excludes halogenated alkanes) is 7. The van der Waals surface area contributed by atoms with Crippen molar-refractivity contribution in [3.05, 3.63) is 24.3 Å². The highest BCUT2D eigenvalue weighted by molar-refractivity contribution is 5.84. The van der Waals surface area contributed by atoms with Crippen LogP contribution in [0.25, 0.3) is 0 Å². The van der Waals surface area contributed by atoms with E-state index in [0.717, 1.165) is 52.2 Å². The number of benzene rings is 1. The van der Waals surface area contributed by atoms with E-state index in [-0.39, 0.29) is 6.61 Å². The lowest BCUT2D eigenvalue weighted by atomic mass is 10.1. The van der Waals surface area contributed by atoms with Gasteiger partial charge in [-0.25, -0.2) is 4.79 Å². The summed E-state index contributed by atoms with van der Waals surface area (Å²) in [5.41, 5.74) is 0.596. The molecule has 1 aromatic rings. The number of carbonyl (C=O) groups excluding carboxylic acids is 1. The third kappa shape index (κ3) is 10.5. The van der Waals surface area contributed by atoms with E-state index >= 15 is 0 Å². The number of nitrogens with zero attached hydrogens (tertiary/aromatic N) is 1. The number of hydrogen-bond acceptors (Lipinski definition) is 10. The van der Waals surface area contributed by atoms with Gasteiger partial charge in [0.2, 0.25) is 5.79 Å². The van der Waals surface area contributed by atoms with Crippen molar-refractivity contribution in [2.24, 2.45) is 0 Å². The van der Waals surface area contributed by atoms with Crippen LogP contribution in [0.3, 0.4) is 0 Å². The van der Waals surface area contributed by atoms with Gasteiger partial charge in [-0.3, -0.25) is 10.2 Å². The minimum absolute atomic E-state index is 0.196. The normalized spacial score (nSPS) is 26.4. The predicted octanol–water partition coefficient (Wildman–Crippen LogP) is 4.94. The fourth-order valence-corrected chi connectivity index (χ4v) is 6.07. The van der Waals surface area contributed by atoms with Crippen LogP contribution >= 0.6 is 0 Å². The zero-order valence-electron chi connectivity index (χ0n) is 27.3. The molecule has 0 saturated carbocycles. The second kappa shape index (κ2) is 17.6. The quantitative estimate of drug-likeness (QED) is 0.206. The summed E-state index contributed by atoms with van der Waals surface area (Å²) < 4.78 is 42.2. The molecule has 0 radical (unpaired) electrons. The fourth-order valence-electron chi connectivity index (χ4n) is 6.07. The molecule has 0 bridgehead atoms. The lowest BCUT2D eigenvalue weighted by Gasteiger charge is -2.29. The van der Waals surface area contributed by atoms with Crippen LogP contribution in [0.5, 0.6) is 5.75 Å². The van der Waals surface area contributed by atoms with E-state index in [0.29, 0.717) is 24.6 Å². The molecule has 4 atom stereocenters. The number of anilines is 1. The van der Waals surface area contributed by atoms with Gasteiger partial charge in [0.25, 0.3) is 0 Å². The summed E-state index contributed by atoms with van der Waals surface area (Å²) >= 11 is 0. The standard InChI is InChI=1S/C33H55N3O8/c1-5-6-7-8-9-10-11-12-21-40-25-33-30(43-32(2,3)44-33)29(41-31(37)35-26-13-15-27(38-4)16-14-26)28(42-33)24-34-17-18-36-19-22-39-23-20-36/h13-16,28-30,34H,5-12,17-25H2,1-4H3,(H,35,37)/t28-,29+,30-,33-/m0/s1. The van der Waals surface area contributed by atoms with Crippen molar-refractivity contribution in [3.63, 3.8) is 0 Å². The van der Waals surface area contributed by atoms with Crippen molar-refractivity contribution in [2.75, 3.05) is 71.6 Å². The molecule has 4 rings (SSSR count). The van der Waals surface area contributed by atoms with E-state index in [1.165, 1.54) is 38.5 Å². The second-order valence-electron chi connectivity index (χ2n) is 12.4. The molecule has 2 N–H and O–H groups in total. The van der Waals surface area contributed by atoms with Crippen LogP contribution in [0.1, 0.15) is 72.1 Å². The van der Waals surface area contributed by atoms with Crippen molar-refractivity contribution in [2.45, 2.75) is 102 Å². The van der Waals surface area contributed by atoms with Crippen LogP contribution in [0.4, 0.5) is 10.5 Å². The minimum Gasteiger partial charge on any atom is -0.497 e. The van der Waals surface area contributed by atoms with Crippen LogP contribution in [-0.2, 0) is 28.4 Å². The summed E-state index contributed by atoms with van der Waals surface area (Å²) in [6, 6.07) is 7.08. The van der Waals surface area contributed by atoms with Crippen molar-refractivity contribution in [1.82, 2.24) is 10.2 Å². The van der Waals surface area contributed by atoms with Gasteiger partial charge in [-0.1, -0.05) is 51.9 Å². The van der Waals surface area contributed by atoms with Gasteiger partial charge in [0.1, 0.15) is 18.5 Å². The SMILES string of the molecule is CCCCCCCCCCOC[C@@]12O[C@@H](CNCCN3CCOCC3)[C@@H](OC(=O)Nc3ccc(OC)cc3)[C@@H]1OC(C)(C)O2. The van der Waals surface area contributed by atoms with Crippen molar-refractivity contribution < 1.29 is 38.0 Å². The van der Waals surface area contributed by atoms with Gasteiger partial charge in [0.15, 0.2) is 18.0 Å². The second-order valence-corrected chi connectivity index (χ2v) is 12.4. The first-order valence-corrected chi connectivity index (χ1v) is 16.6. The zero-order valence-corrected chi connectivity index (χ0v) is 27.3. The number of nitrogens with one attached hydrogen (secondary N) is 2. The Balaban J connectivity index is 1.34. The highest BCUT2D eigenvalue weighted by Crippen LogP contribution is 2.46. The van der Waals surface area contributed by atoms with Crippen LogP contribution in [0, 0.1) is 0 Å². The molecule has 3 aliphatic rings. The van der Waals surface area contributed by atoms with E-state index in [2.05, 4.69) is 22.5 Å². The Hall–Kier alpha value is -1.99. The molecular weight excluding hydrogens is 566 g/mol. The highest BCUT2D eigenvalue weighted by Gasteiger charge is 2.66. The number of carbonyl (C=O) groups is 1. The molecule has 3 saturated heterocycles. The van der Waals surface area contributed by atoms with Crippen LogP contribution in [-0.4, -0.2) is 107 Å². The first-order chi connectivity index (χ1) is 21.3. The molecule has 3 heterocycles. The Kier molecular flexibility index (Phi) is 14.0. The molecule has 44 heavy (non-hydrogen) atoms. The lowest BCUT2D eigenvalue weighted by molar-refractivity contribution is -0.277. The Morgan fingerprint density at radius 3 is 2.41 bits per heavy atom. The van der Waals surface area contributed by atoms with Crippen molar-refractivity contribution >= 4 is 11.8 Å². The van der Waals surface area contributed by atoms with E-state index in [1.807, 2.05) is 13.8 Å². The summed E-state index contributed by atoms with van der Waals surface area (Å²) in [4.78, 5) is 15.5. The zero-order chi connectivity index (χ0) is 31.3. The number of ether oxygens (including phenoxy) is 7. The molecule has 3 fully saturated rings. The van der Waals surface area contributed by atoms with Crippen LogP contribution < -0.4 is 15.4 Å². The average Bonchev–Trinajstić information content (AvgIpc) is 3.43. The van der Waals surface area contributed by atoms with Gasteiger partial charge in [0, 0.05) is 45.0 Å². The maximum atomic E-state index is 13.1. The van der Waals surface area contributed by atoms with E-state index < -0.39 is 36.0 Å². The Bertz CT molecular complexity index is 974. The fraction of sp³-hybridized carbons (Fsp3) is 0.788. The van der Waals surface area contributed by atoms with E-state index in [1.54, 1.807) is 31.4 Å². The van der Waals surface area contributed by atoms with Gasteiger partial charge in [0.05, 0.1) is 20.3 Å². The molecule has 1 amide bonds. The number of rotatable bonds is 19. The van der Waals surface area contributed by atoms with Crippen LogP contribution in [0.15, 0.2) is 24.3 Å². The molecule has 0 spiro atoms. The predicted molar refractivity (Wildman–Crippen MR) is 168 cm³/mol. The van der Waals surface area contributed by atoms with Gasteiger partial charge < -0.3 is 38.5 Å². The number of hydrogen-bond donors (Lipinski definition) is 2. The molecule has 11 heteroatoms. The molecule has 0 aliphatic carbocycles. The van der Waals surface area contributed by atoms with Crippen molar-refractivity contribution in [1.29, 1.82) is 0 Å². The third-order valence-electron chi connectivity index (χ3n) is 8.36. The Labute approximate surface area is 263 Å². The summed E-state index contributed by atoms with van der Waals surface area (Å²) in [5, 5.41) is 6.30. The molecular formula is C33H55N3O8. The number of fused-ring (bicyclic) bond motifs is 1. The number of morpholine rings is 1. The smallest absolute Gasteiger partial charge is 0.412 e. The minimum atomic E-state index is -1.18. The van der Waals surface area contributed by atoms with E-state index in [4.69, 9.17) is 33.2 Å². The number of methoxy groups -OCH3 is 1. The molecule has 0 unspecified atom stereocenters. The van der Waals surface area contributed by atoms with Gasteiger partial charge in [-0.2, -0.15) is 0 Å². The summed E-state index contributed by atoms with van der Waals surface area (Å²) in [5.74, 6) is -1.40. The third-order valence-corrected chi connectivity index (χ3v) is 8.36. The highest BCUT2D eigenvalue weighted by atomic mass is 16.9. The monoisotopic (exact) mass is 621 g/mol. The number of amides is 1. The first-order valence-electron chi connectivity index (χ1n) is 16.6. The Morgan fingerprint density at radius 1 is 1.00 bits per heavy atom. The van der Waals surface area contributed by atoms with Gasteiger partial charge in [-0.05, 0) is 44.5 Å². The molecule has 0 aromatic heterocycles. The maximum Gasteiger partial charge on any atom is 0.412 e. The van der Waals surface area contributed by atoms with Crippen LogP contribution in [0.2, 0.25) is 0 Å². The largest absolute Gasteiger partial charge is 0.497 e. The van der Waals surface area contributed by atoms with E-state index in [9.17, 15) is 4.79 Å². The average molecular weight is 622 g/mol. The van der Waals surface area contributed by atoms with Gasteiger partial charge >= 0.3 is 6.09 Å². The van der Waals surface area contributed by atoms with Gasteiger partial charge in [-0.15, -0.1) is 0 Å². The first kappa shape index (κ1) is 34.9. The van der Waals surface area contributed by atoms with Crippen molar-refractivity contribution in [3.8, 4) is 5.75 Å². The topological polar surface area (TPSA) is 109 Å². The summed E-state index contributed by atoms with van der Waals surface area (Å²) in [6.07, 6.45) is 7.40. The summed E-state index contributed by atoms with van der Waals surface area (Å²) in [7, 11) is 1.60. The maximum absolute atomic E-state index is 13.1. The lowest BCUT2D eigenvalue weighted by Crippen LogP contribution is -2.46.